The number of aromatic nitrogens is 1. The third-order valence-electron chi connectivity index (χ3n) is 6.70. The van der Waals surface area contributed by atoms with Gasteiger partial charge < -0.3 is 5.32 Å². The molecule has 1 heterocycles. The molecule has 1 aliphatic rings. The predicted octanol–water partition coefficient (Wildman–Crippen LogP) is 6.50. The minimum absolute atomic E-state index is 0.00808. The number of amides is 1. The second-order valence-corrected chi connectivity index (χ2v) is 9.05. The summed E-state index contributed by atoms with van der Waals surface area (Å²) in [6, 6.07) is 6.60. The van der Waals surface area contributed by atoms with Crippen LogP contribution < -0.4 is 5.32 Å². The molecular formula is C27H38N2O. The van der Waals surface area contributed by atoms with Gasteiger partial charge in [0.25, 0.3) is 5.91 Å². The van der Waals surface area contributed by atoms with Crippen LogP contribution in [0, 0.1) is 26.7 Å². The minimum atomic E-state index is 0.00808. The molecule has 30 heavy (non-hydrogen) atoms. The summed E-state index contributed by atoms with van der Waals surface area (Å²) in [6.45, 7) is 11.4. The van der Waals surface area contributed by atoms with E-state index in [9.17, 15) is 4.79 Å². The summed E-state index contributed by atoms with van der Waals surface area (Å²) in [5, 5.41) is 3.17. The third kappa shape index (κ3) is 5.11. The number of benzene rings is 1. The summed E-state index contributed by atoms with van der Waals surface area (Å²) in [4.78, 5) is 17.7. The molecule has 0 fully saturated rings. The number of pyridine rings is 1. The molecule has 1 aromatic heterocycles. The van der Waals surface area contributed by atoms with Crippen LogP contribution in [-0.4, -0.2) is 17.4 Å². The van der Waals surface area contributed by atoms with Crippen molar-refractivity contribution in [3.63, 3.8) is 0 Å². The fourth-order valence-corrected chi connectivity index (χ4v) is 4.76. The average molecular weight is 407 g/mol. The van der Waals surface area contributed by atoms with Crippen LogP contribution >= 0.6 is 0 Å². The molecule has 0 spiro atoms. The zero-order valence-corrected chi connectivity index (χ0v) is 19.5. The molecule has 0 saturated heterocycles. The number of nitrogens with zero attached hydrogens (tertiary/aromatic N) is 1. The molecule has 3 nitrogen and oxygen atoms in total. The lowest BCUT2D eigenvalue weighted by molar-refractivity contribution is 0.0944. The van der Waals surface area contributed by atoms with E-state index < -0.39 is 0 Å². The van der Waals surface area contributed by atoms with Gasteiger partial charge in [0.15, 0.2) is 0 Å². The smallest absolute Gasteiger partial charge is 0.253 e. The number of hydrogen-bond donors (Lipinski definition) is 1. The molecule has 0 radical (unpaired) electrons. The highest BCUT2D eigenvalue weighted by Gasteiger charge is 2.19. The van der Waals surface area contributed by atoms with Crippen molar-refractivity contribution in [2.45, 2.75) is 86.0 Å². The Bertz CT molecular complexity index is 900. The standard InChI is InChI=1S/C27H38N2O/c1-6-8-9-11-21(7-2)17-28-27(30)25-15-19(4)26(29-20(25)5)23-14-18(3)24-13-10-12-22(24)16-23/h14-16,21H,6-13,17H2,1-5H3,(H,28,30). The molecule has 1 aromatic carbocycles. The van der Waals surface area contributed by atoms with Gasteiger partial charge in [-0.05, 0) is 92.8 Å². The van der Waals surface area contributed by atoms with Crippen molar-refractivity contribution in [3.8, 4) is 11.3 Å². The molecule has 3 rings (SSSR count). The van der Waals surface area contributed by atoms with Crippen LogP contribution in [0.5, 0.6) is 0 Å². The first kappa shape index (κ1) is 22.5. The van der Waals surface area contributed by atoms with Crippen molar-refractivity contribution in [2.75, 3.05) is 6.54 Å². The van der Waals surface area contributed by atoms with Crippen molar-refractivity contribution in [3.05, 3.63) is 51.7 Å². The molecule has 0 aliphatic heterocycles. The molecule has 1 atom stereocenters. The largest absolute Gasteiger partial charge is 0.352 e. The van der Waals surface area contributed by atoms with Crippen LogP contribution in [0.1, 0.15) is 90.7 Å². The van der Waals surface area contributed by atoms with E-state index in [2.05, 4.69) is 45.1 Å². The third-order valence-corrected chi connectivity index (χ3v) is 6.70. The van der Waals surface area contributed by atoms with Gasteiger partial charge in [-0.15, -0.1) is 0 Å². The summed E-state index contributed by atoms with van der Waals surface area (Å²) in [6.07, 6.45) is 9.68. The fraction of sp³-hybridized carbons (Fsp3) is 0.556. The molecule has 3 heteroatoms. The molecule has 1 aliphatic carbocycles. The first-order valence-corrected chi connectivity index (χ1v) is 11.8. The van der Waals surface area contributed by atoms with Crippen molar-refractivity contribution < 1.29 is 4.79 Å². The van der Waals surface area contributed by atoms with Gasteiger partial charge in [-0.1, -0.05) is 39.5 Å². The first-order chi connectivity index (χ1) is 14.4. The highest BCUT2D eigenvalue weighted by Crippen LogP contribution is 2.32. The van der Waals surface area contributed by atoms with Gasteiger partial charge in [0.05, 0.1) is 17.0 Å². The SMILES string of the molecule is CCCCCC(CC)CNC(=O)c1cc(C)c(-c2cc(C)c3c(c2)CCC3)nc1C. The molecule has 0 saturated carbocycles. The summed E-state index contributed by atoms with van der Waals surface area (Å²) in [5.74, 6) is 0.567. The van der Waals surface area contributed by atoms with Gasteiger partial charge in [0.1, 0.15) is 0 Å². The van der Waals surface area contributed by atoms with Crippen LogP contribution in [0.2, 0.25) is 0 Å². The maximum absolute atomic E-state index is 12.9. The monoisotopic (exact) mass is 406 g/mol. The molecule has 2 aromatic rings. The molecule has 1 N–H and O–H groups in total. The van der Waals surface area contributed by atoms with Crippen LogP contribution in [0.25, 0.3) is 11.3 Å². The molecule has 0 bridgehead atoms. The van der Waals surface area contributed by atoms with Crippen LogP contribution in [0.3, 0.4) is 0 Å². The van der Waals surface area contributed by atoms with E-state index in [0.29, 0.717) is 11.5 Å². The lowest BCUT2D eigenvalue weighted by Crippen LogP contribution is -2.30. The van der Waals surface area contributed by atoms with Gasteiger partial charge in [-0.25, -0.2) is 0 Å². The molecule has 1 unspecified atom stereocenters. The average Bonchev–Trinajstić information content (AvgIpc) is 3.21. The summed E-state index contributed by atoms with van der Waals surface area (Å²) in [5.41, 5.74) is 9.14. The van der Waals surface area contributed by atoms with E-state index in [4.69, 9.17) is 4.98 Å². The fourth-order valence-electron chi connectivity index (χ4n) is 4.76. The second kappa shape index (κ2) is 10.2. The van der Waals surface area contributed by atoms with E-state index in [-0.39, 0.29) is 5.91 Å². The molecule has 1 amide bonds. The second-order valence-electron chi connectivity index (χ2n) is 9.05. The van der Waals surface area contributed by atoms with E-state index in [1.165, 1.54) is 67.2 Å². The zero-order valence-electron chi connectivity index (χ0n) is 19.5. The Labute approximate surface area is 182 Å². The van der Waals surface area contributed by atoms with Gasteiger partial charge in [-0.2, -0.15) is 0 Å². The Kier molecular flexibility index (Phi) is 7.69. The van der Waals surface area contributed by atoms with Gasteiger partial charge >= 0.3 is 0 Å². The Morgan fingerprint density at radius 2 is 1.87 bits per heavy atom. The highest BCUT2D eigenvalue weighted by molar-refractivity contribution is 5.95. The Hall–Kier alpha value is -2.16. The zero-order chi connectivity index (χ0) is 21.7. The predicted molar refractivity (Wildman–Crippen MR) is 126 cm³/mol. The van der Waals surface area contributed by atoms with Crippen molar-refractivity contribution in [1.29, 1.82) is 0 Å². The molecule has 162 valence electrons. The van der Waals surface area contributed by atoms with Gasteiger partial charge in [-0.3, -0.25) is 9.78 Å². The number of carbonyl (C=O) groups is 1. The van der Waals surface area contributed by atoms with Gasteiger partial charge in [0.2, 0.25) is 0 Å². The number of nitrogens with one attached hydrogen (secondary N) is 1. The number of hydrogen-bond acceptors (Lipinski definition) is 2. The lowest BCUT2D eigenvalue weighted by atomic mass is 9.96. The quantitative estimate of drug-likeness (QED) is 0.483. The topological polar surface area (TPSA) is 42.0 Å². The van der Waals surface area contributed by atoms with Crippen molar-refractivity contribution in [1.82, 2.24) is 10.3 Å². The van der Waals surface area contributed by atoms with Gasteiger partial charge in [0, 0.05) is 12.1 Å². The normalized spacial score (nSPS) is 13.9. The first-order valence-electron chi connectivity index (χ1n) is 11.8. The van der Waals surface area contributed by atoms with E-state index in [0.717, 1.165) is 29.9 Å². The number of rotatable bonds is 9. The Morgan fingerprint density at radius 3 is 2.60 bits per heavy atom. The number of carbonyl (C=O) groups excluding carboxylic acids is 1. The minimum Gasteiger partial charge on any atom is -0.352 e. The van der Waals surface area contributed by atoms with Crippen LogP contribution in [0.15, 0.2) is 18.2 Å². The van der Waals surface area contributed by atoms with E-state index in [1.54, 1.807) is 0 Å². The van der Waals surface area contributed by atoms with Crippen molar-refractivity contribution in [2.24, 2.45) is 5.92 Å². The van der Waals surface area contributed by atoms with Crippen LogP contribution in [-0.2, 0) is 12.8 Å². The number of aryl methyl sites for hydroxylation is 4. The number of fused-ring (bicyclic) bond motifs is 1. The Morgan fingerprint density at radius 1 is 1.07 bits per heavy atom. The lowest BCUT2D eigenvalue weighted by Gasteiger charge is -2.17. The maximum atomic E-state index is 12.9. The summed E-state index contributed by atoms with van der Waals surface area (Å²) in [7, 11) is 0. The van der Waals surface area contributed by atoms with E-state index >= 15 is 0 Å². The summed E-state index contributed by atoms with van der Waals surface area (Å²) >= 11 is 0. The highest BCUT2D eigenvalue weighted by atomic mass is 16.1. The van der Waals surface area contributed by atoms with Crippen LogP contribution in [0.4, 0.5) is 0 Å². The van der Waals surface area contributed by atoms with E-state index in [1.807, 2.05) is 13.0 Å². The molecular weight excluding hydrogens is 368 g/mol. The summed E-state index contributed by atoms with van der Waals surface area (Å²) < 4.78 is 0. The Balaban J connectivity index is 1.75. The number of unbranched alkanes of at least 4 members (excludes halogenated alkanes) is 2. The maximum Gasteiger partial charge on any atom is 0.253 e. The van der Waals surface area contributed by atoms with Crippen molar-refractivity contribution >= 4 is 5.91 Å².